The van der Waals surface area contributed by atoms with Crippen LogP contribution in [0.25, 0.3) is 0 Å². The van der Waals surface area contributed by atoms with Crippen molar-refractivity contribution in [2.75, 3.05) is 6.54 Å². The van der Waals surface area contributed by atoms with Gasteiger partial charge in [-0.1, -0.05) is 19.8 Å². The third-order valence-electron chi connectivity index (χ3n) is 4.02. The molecule has 1 aliphatic carbocycles. The van der Waals surface area contributed by atoms with Crippen molar-refractivity contribution in [1.29, 1.82) is 0 Å². The Labute approximate surface area is 108 Å². The van der Waals surface area contributed by atoms with Crippen LogP contribution < -0.4 is 5.32 Å². The molecule has 0 bridgehead atoms. The normalized spacial score (nSPS) is 31.2. The van der Waals surface area contributed by atoms with Crippen LogP contribution in [-0.2, 0) is 4.79 Å². The van der Waals surface area contributed by atoms with Gasteiger partial charge in [0.1, 0.15) is 5.54 Å². The highest BCUT2D eigenvalue weighted by atomic mass is 16.2. The van der Waals surface area contributed by atoms with Gasteiger partial charge in [-0.05, 0) is 25.7 Å². The van der Waals surface area contributed by atoms with Crippen molar-refractivity contribution in [3.8, 4) is 11.8 Å². The van der Waals surface area contributed by atoms with Gasteiger partial charge in [0.15, 0.2) is 0 Å². The van der Waals surface area contributed by atoms with Gasteiger partial charge in [-0.2, -0.15) is 0 Å². The van der Waals surface area contributed by atoms with Gasteiger partial charge >= 0.3 is 6.03 Å². The number of hydrogen-bond donors (Lipinski definition) is 1. The van der Waals surface area contributed by atoms with E-state index >= 15 is 0 Å². The fourth-order valence-electron chi connectivity index (χ4n) is 3.18. The lowest BCUT2D eigenvalue weighted by molar-refractivity contribution is -0.129. The minimum Gasteiger partial charge on any atom is -0.309 e. The molecular formula is C14H20N2O2. The Balaban J connectivity index is 2.19. The second-order valence-electron chi connectivity index (χ2n) is 5.32. The van der Waals surface area contributed by atoms with Crippen molar-refractivity contribution < 1.29 is 9.59 Å². The first-order valence-electron chi connectivity index (χ1n) is 6.63. The maximum absolute atomic E-state index is 12.1. The maximum atomic E-state index is 12.1. The van der Waals surface area contributed by atoms with E-state index in [9.17, 15) is 9.59 Å². The molecule has 1 aliphatic heterocycles. The number of nitrogens with one attached hydrogen (secondary N) is 1. The number of carbonyl (C=O) groups excluding carboxylic acids is 2. The van der Waals surface area contributed by atoms with Crippen LogP contribution in [0.15, 0.2) is 0 Å². The summed E-state index contributed by atoms with van der Waals surface area (Å²) in [5.41, 5.74) is -0.593. The molecule has 0 aromatic rings. The molecule has 1 spiro atoms. The number of hydrogen-bond acceptors (Lipinski definition) is 2. The van der Waals surface area contributed by atoms with Crippen LogP contribution in [0.2, 0.25) is 0 Å². The first-order chi connectivity index (χ1) is 8.60. The largest absolute Gasteiger partial charge is 0.325 e. The second-order valence-corrected chi connectivity index (χ2v) is 5.32. The molecule has 4 nitrogen and oxygen atoms in total. The molecule has 2 fully saturated rings. The summed E-state index contributed by atoms with van der Waals surface area (Å²) < 4.78 is 0. The van der Waals surface area contributed by atoms with Crippen LogP contribution in [0.4, 0.5) is 4.79 Å². The van der Waals surface area contributed by atoms with Gasteiger partial charge < -0.3 is 4.90 Å². The molecule has 98 valence electrons. The molecule has 1 heterocycles. The molecule has 2 unspecified atom stereocenters. The smallest absolute Gasteiger partial charge is 0.309 e. The summed E-state index contributed by atoms with van der Waals surface area (Å²) >= 11 is 0. The first kappa shape index (κ1) is 12.9. The average molecular weight is 248 g/mol. The summed E-state index contributed by atoms with van der Waals surface area (Å²) in [5, 5.41) is 2.47. The van der Waals surface area contributed by atoms with E-state index in [0.29, 0.717) is 18.9 Å². The summed E-state index contributed by atoms with van der Waals surface area (Å²) in [6.07, 6.45) is 4.36. The summed E-state index contributed by atoms with van der Waals surface area (Å²) in [7, 11) is 0. The monoisotopic (exact) mass is 248 g/mol. The summed E-state index contributed by atoms with van der Waals surface area (Å²) in [4.78, 5) is 25.8. The maximum Gasteiger partial charge on any atom is 0.325 e. The van der Waals surface area contributed by atoms with Crippen molar-refractivity contribution in [3.63, 3.8) is 0 Å². The Morgan fingerprint density at radius 2 is 2.28 bits per heavy atom. The van der Waals surface area contributed by atoms with E-state index < -0.39 is 5.54 Å². The molecule has 3 amide bonds. The minimum absolute atomic E-state index is 0.108. The number of carbonyl (C=O) groups is 2. The molecule has 1 N–H and O–H groups in total. The van der Waals surface area contributed by atoms with Crippen molar-refractivity contribution in [3.05, 3.63) is 0 Å². The van der Waals surface area contributed by atoms with E-state index in [4.69, 9.17) is 0 Å². The third-order valence-corrected chi connectivity index (χ3v) is 4.02. The summed E-state index contributed by atoms with van der Waals surface area (Å²) in [6.45, 7) is 4.49. The molecule has 2 rings (SSSR count). The third kappa shape index (κ3) is 2.10. The number of imide groups is 1. The fraction of sp³-hybridized carbons (Fsp3) is 0.714. The molecule has 2 atom stereocenters. The van der Waals surface area contributed by atoms with Crippen LogP contribution in [0.5, 0.6) is 0 Å². The lowest BCUT2D eigenvalue weighted by atomic mass is 9.75. The van der Waals surface area contributed by atoms with E-state index in [1.165, 1.54) is 0 Å². The summed E-state index contributed by atoms with van der Waals surface area (Å²) in [5.74, 6) is 6.17. The van der Waals surface area contributed by atoms with Gasteiger partial charge in [-0.3, -0.25) is 10.1 Å². The van der Waals surface area contributed by atoms with Crippen LogP contribution in [0.3, 0.4) is 0 Å². The Bertz CT molecular complexity index is 421. The zero-order chi connectivity index (χ0) is 13.2. The van der Waals surface area contributed by atoms with E-state index in [1.54, 1.807) is 11.8 Å². The van der Waals surface area contributed by atoms with Gasteiger partial charge in [0, 0.05) is 13.0 Å². The molecule has 0 aromatic heterocycles. The number of urea groups is 1. The van der Waals surface area contributed by atoms with Crippen LogP contribution >= 0.6 is 0 Å². The van der Waals surface area contributed by atoms with E-state index in [1.807, 2.05) is 0 Å². The minimum atomic E-state index is -0.593. The van der Waals surface area contributed by atoms with Gasteiger partial charge in [0.05, 0.1) is 0 Å². The van der Waals surface area contributed by atoms with Gasteiger partial charge in [-0.25, -0.2) is 4.79 Å². The molecule has 1 saturated carbocycles. The lowest BCUT2D eigenvalue weighted by Crippen LogP contribution is -2.52. The number of amides is 3. The highest BCUT2D eigenvalue weighted by Crippen LogP contribution is 2.39. The van der Waals surface area contributed by atoms with E-state index in [0.717, 1.165) is 25.7 Å². The summed E-state index contributed by atoms with van der Waals surface area (Å²) in [6, 6.07) is -0.244. The number of nitrogens with zero attached hydrogens (tertiary/aromatic N) is 1. The van der Waals surface area contributed by atoms with Gasteiger partial charge in [-0.15, -0.1) is 11.8 Å². The number of rotatable bonds is 2. The van der Waals surface area contributed by atoms with Crippen molar-refractivity contribution >= 4 is 11.9 Å². The molecule has 0 radical (unpaired) electrons. The van der Waals surface area contributed by atoms with Gasteiger partial charge in [0.2, 0.25) is 0 Å². The van der Waals surface area contributed by atoms with Crippen molar-refractivity contribution in [1.82, 2.24) is 10.2 Å². The fourth-order valence-corrected chi connectivity index (χ4v) is 3.18. The molecule has 0 aromatic carbocycles. The topological polar surface area (TPSA) is 49.4 Å². The molecule has 18 heavy (non-hydrogen) atoms. The highest BCUT2D eigenvalue weighted by molar-refractivity contribution is 6.07. The van der Waals surface area contributed by atoms with Crippen molar-refractivity contribution in [2.45, 2.75) is 51.5 Å². The highest BCUT2D eigenvalue weighted by Gasteiger charge is 2.53. The van der Waals surface area contributed by atoms with Crippen LogP contribution in [0, 0.1) is 17.8 Å². The first-order valence-corrected chi connectivity index (χ1v) is 6.63. The second kappa shape index (κ2) is 5.01. The molecule has 1 saturated heterocycles. The lowest BCUT2D eigenvalue weighted by Gasteiger charge is -2.40. The Kier molecular flexibility index (Phi) is 3.60. The zero-order valence-corrected chi connectivity index (χ0v) is 11.1. The quantitative estimate of drug-likeness (QED) is 0.599. The van der Waals surface area contributed by atoms with Gasteiger partial charge in [0.25, 0.3) is 5.91 Å². The SMILES string of the molecule is CC#CCCN1C(=O)NC(=O)C12CCCC(C)C2. The Morgan fingerprint density at radius 3 is 2.94 bits per heavy atom. The average Bonchev–Trinajstić information content (AvgIpc) is 2.53. The predicted octanol–water partition coefficient (Wildman–Crippen LogP) is 1.90. The van der Waals surface area contributed by atoms with E-state index in [2.05, 4.69) is 24.1 Å². The Morgan fingerprint density at radius 1 is 1.50 bits per heavy atom. The van der Waals surface area contributed by atoms with Crippen LogP contribution in [-0.4, -0.2) is 28.9 Å². The van der Waals surface area contributed by atoms with Crippen molar-refractivity contribution in [2.24, 2.45) is 5.92 Å². The molecule has 4 heteroatoms. The zero-order valence-electron chi connectivity index (χ0n) is 11.1. The van der Waals surface area contributed by atoms with E-state index in [-0.39, 0.29) is 11.9 Å². The standard InChI is InChI=1S/C14H20N2O2/c1-3-4-5-9-16-13(18)15-12(17)14(16)8-6-7-11(2)10-14/h11H,5-10H2,1-2H3,(H,15,17,18). The molecule has 2 aliphatic rings. The molecular weight excluding hydrogens is 228 g/mol. The van der Waals surface area contributed by atoms with Crippen LogP contribution in [0.1, 0.15) is 46.0 Å². The Hall–Kier alpha value is -1.50. The predicted molar refractivity (Wildman–Crippen MR) is 68.7 cm³/mol.